The average Bonchev–Trinajstić information content (AvgIpc) is 2.34. The van der Waals surface area contributed by atoms with E-state index in [9.17, 15) is 4.79 Å². The molecule has 0 heterocycles. The van der Waals surface area contributed by atoms with Gasteiger partial charge in [0, 0.05) is 13.6 Å². The zero-order valence-corrected chi connectivity index (χ0v) is 12.5. The SMILES string of the molecule is CCCN(c1ccccc1)N(C)C(=O)OC(C)(C)C. The Morgan fingerprint density at radius 3 is 2.26 bits per heavy atom. The summed E-state index contributed by atoms with van der Waals surface area (Å²) in [6.07, 6.45) is 0.604. The molecule has 0 saturated heterocycles. The van der Waals surface area contributed by atoms with E-state index in [4.69, 9.17) is 4.74 Å². The number of anilines is 1. The highest BCUT2D eigenvalue weighted by Gasteiger charge is 2.23. The van der Waals surface area contributed by atoms with Gasteiger partial charge < -0.3 is 4.74 Å². The van der Waals surface area contributed by atoms with Crippen LogP contribution in [0.1, 0.15) is 34.1 Å². The summed E-state index contributed by atoms with van der Waals surface area (Å²) in [7, 11) is 1.73. The Bertz CT molecular complexity index is 398. The van der Waals surface area contributed by atoms with E-state index < -0.39 is 5.60 Å². The van der Waals surface area contributed by atoms with E-state index in [1.807, 2.05) is 56.1 Å². The molecule has 0 fully saturated rings. The van der Waals surface area contributed by atoms with Gasteiger partial charge >= 0.3 is 6.09 Å². The van der Waals surface area contributed by atoms with Gasteiger partial charge in [-0.25, -0.2) is 9.80 Å². The summed E-state index contributed by atoms with van der Waals surface area (Å²) in [5.74, 6) is 0. The Balaban J connectivity index is 2.85. The Morgan fingerprint density at radius 2 is 1.79 bits per heavy atom. The van der Waals surface area contributed by atoms with E-state index in [0.717, 1.165) is 18.7 Å². The van der Waals surface area contributed by atoms with Crippen molar-refractivity contribution in [3.63, 3.8) is 0 Å². The first kappa shape index (κ1) is 15.3. The van der Waals surface area contributed by atoms with E-state index in [1.54, 1.807) is 7.05 Å². The van der Waals surface area contributed by atoms with E-state index in [-0.39, 0.29) is 6.09 Å². The molecule has 0 aliphatic carbocycles. The van der Waals surface area contributed by atoms with Crippen molar-refractivity contribution in [2.75, 3.05) is 18.6 Å². The third-order valence-electron chi connectivity index (χ3n) is 2.51. The fourth-order valence-electron chi connectivity index (χ4n) is 1.69. The van der Waals surface area contributed by atoms with Crippen LogP contribution >= 0.6 is 0 Å². The second-order valence-corrected chi connectivity index (χ2v) is 5.46. The lowest BCUT2D eigenvalue weighted by Crippen LogP contribution is -2.46. The summed E-state index contributed by atoms with van der Waals surface area (Å²) in [5.41, 5.74) is 0.498. The highest BCUT2D eigenvalue weighted by Crippen LogP contribution is 2.18. The minimum absolute atomic E-state index is 0.343. The third kappa shape index (κ3) is 4.81. The Morgan fingerprint density at radius 1 is 1.21 bits per heavy atom. The first-order valence-electron chi connectivity index (χ1n) is 6.64. The van der Waals surface area contributed by atoms with Crippen molar-refractivity contribution in [2.24, 2.45) is 0 Å². The number of carbonyl (C=O) groups is 1. The molecule has 1 aromatic rings. The molecule has 106 valence electrons. The molecule has 4 heteroatoms. The fourth-order valence-corrected chi connectivity index (χ4v) is 1.69. The number of benzene rings is 1. The second-order valence-electron chi connectivity index (χ2n) is 5.46. The molecule has 0 radical (unpaired) electrons. The highest BCUT2D eigenvalue weighted by atomic mass is 16.6. The normalized spacial score (nSPS) is 11.0. The number of carbonyl (C=O) groups excluding carboxylic acids is 1. The lowest BCUT2D eigenvalue weighted by molar-refractivity contribution is 0.0277. The third-order valence-corrected chi connectivity index (χ3v) is 2.51. The van der Waals surface area contributed by atoms with Crippen molar-refractivity contribution in [3.8, 4) is 0 Å². The Labute approximate surface area is 115 Å². The maximum atomic E-state index is 12.1. The highest BCUT2D eigenvalue weighted by molar-refractivity contribution is 5.70. The first-order valence-corrected chi connectivity index (χ1v) is 6.64. The number of rotatable bonds is 4. The number of amides is 1. The van der Waals surface area contributed by atoms with Crippen LogP contribution in [0.3, 0.4) is 0 Å². The molecule has 0 N–H and O–H groups in total. The molecule has 1 aromatic carbocycles. The summed E-state index contributed by atoms with van der Waals surface area (Å²) in [5, 5.41) is 3.46. The largest absolute Gasteiger partial charge is 0.442 e. The fraction of sp³-hybridized carbons (Fsp3) is 0.533. The lowest BCUT2D eigenvalue weighted by atomic mass is 10.2. The summed E-state index contributed by atoms with van der Waals surface area (Å²) >= 11 is 0. The maximum absolute atomic E-state index is 12.1. The number of nitrogens with zero attached hydrogens (tertiary/aromatic N) is 2. The van der Waals surface area contributed by atoms with Gasteiger partial charge in [0.25, 0.3) is 0 Å². The molecular formula is C15H24N2O2. The summed E-state index contributed by atoms with van der Waals surface area (Å²) in [6, 6.07) is 9.84. The number of hydrogen-bond acceptors (Lipinski definition) is 3. The molecular weight excluding hydrogens is 240 g/mol. The predicted octanol–water partition coefficient (Wildman–Crippen LogP) is 3.68. The van der Waals surface area contributed by atoms with Gasteiger partial charge in [-0.15, -0.1) is 0 Å². The minimum atomic E-state index is -0.486. The molecule has 19 heavy (non-hydrogen) atoms. The van der Waals surface area contributed by atoms with Gasteiger partial charge in [0.05, 0.1) is 5.69 Å². The quantitative estimate of drug-likeness (QED) is 0.778. The van der Waals surface area contributed by atoms with Crippen molar-refractivity contribution < 1.29 is 9.53 Å². The van der Waals surface area contributed by atoms with Gasteiger partial charge in [-0.2, -0.15) is 0 Å². The van der Waals surface area contributed by atoms with Crippen LogP contribution in [0.25, 0.3) is 0 Å². The molecule has 0 unspecified atom stereocenters. The van der Waals surface area contributed by atoms with Gasteiger partial charge in [0.2, 0.25) is 0 Å². The molecule has 0 bridgehead atoms. The topological polar surface area (TPSA) is 32.8 Å². The molecule has 1 rings (SSSR count). The molecule has 0 aliphatic rings. The van der Waals surface area contributed by atoms with Crippen LogP contribution in [-0.4, -0.2) is 30.3 Å². The monoisotopic (exact) mass is 264 g/mol. The van der Waals surface area contributed by atoms with Crippen LogP contribution in [-0.2, 0) is 4.74 Å². The zero-order valence-electron chi connectivity index (χ0n) is 12.5. The van der Waals surface area contributed by atoms with Crippen molar-refractivity contribution >= 4 is 11.8 Å². The average molecular weight is 264 g/mol. The van der Waals surface area contributed by atoms with E-state index in [2.05, 4.69) is 6.92 Å². The molecule has 0 atom stereocenters. The van der Waals surface area contributed by atoms with Crippen LogP contribution in [0.15, 0.2) is 30.3 Å². The predicted molar refractivity (Wildman–Crippen MR) is 78.1 cm³/mol. The van der Waals surface area contributed by atoms with Crippen LogP contribution in [0.4, 0.5) is 10.5 Å². The lowest BCUT2D eigenvalue weighted by Gasteiger charge is -2.34. The number of hydrogen-bond donors (Lipinski definition) is 0. The van der Waals surface area contributed by atoms with Crippen molar-refractivity contribution in [1.82, 2.24) is 5.01 Å². The molecule has 0 aliphatic heterocycles. The summed E-state index contributed by atoms with van der Waals surface area (Å²) in [4.78, 5) is 12.1. The Kier molecular flexibility index (Phi) is 5.21. The summed E-state index contributed by atoms with van der Waals surface area (Å²) in [6.45, 7) is 8.45. The maximum Gasteiger partial charge on any atom is 0.429 e. The standard InChI is InChI=1S/C15H24N2O2/c1-6-12-17(13-10-8-7-9-11-13)16(5)14(18)19-15(2,3)4/h7-11H,6,12H2,1-5H3. The van der Waals surface area contributed by atoms with Crippen LogP contribution in [0.5, 0.6) is 0 Å². The van der Waals surface area contributed by atoms with Crippen molar-refractivity contribution in [2.45, 2.75) is 39.7 Å². The molecule has 0 aromatic heterocycles. The Hall–Kier alpha value is -1.71. The van der Waals surface area contributed by atoms with Crippen LogP contribution < -0.4 is 5.01 Å². The van der Waals surface area contributed by atoms with Crippen molar-refractivity contribution in [3.05, 3.63) is 30.3 Å². The van der Waals surface area contributed by atoms with E-state index >= 15 is 0 Å². The van der Waals surface area contributed by atoms with Crippen molar-refractivity contribution in [1.29, 1.82) is 0 Å². The molecule has 1 amide bonds. The van der Waals surface area contributed by atoms with Gasteiger partial charge in [0.15, 0.2) is 0 Å². The summed E-state index contributed by atoms with van der Waals surface area (Å²) < 4.78 is 5.39. The number of ether oxygens (including phenoxy) is 1. The van der Waals surface area contributed by atoms with Gasteiger partial charge in [-0.05, 0) is 39.3 Å². The van der Waals surface area contributed by atoms with Gasteiger partial charge in [0.1, 0.15) is 5.60 Å². The van der Waals surface area contributed by atoms with Gasteiger partial charge in [-0.3, -0.25) is 5.01 Å². The molecule has 0 saturated carbocycles. The zero-order chi connectivity index (χ0) is 14.5. The smallest absolute Gasteiger partial charge is 0.429 e. The van der Waals surface area contributed by atoms with E-state index in [1.165, 1.54) is 5.01 Å². The second kappa shape index (κ2) is 6.45. The van der Waals surface area contributed by atoms with E-state index in [0.29, 0.717) is 0 Å². The molecule has 4 nitrogen and oxygen atoms in total. The first-order chi connectivity index (χ1) is 8.85. The number of para-hydroxylation sites is 1. The van der Waals surface area contributed by atoms with Crippen LogP contribution in [0.2, 0.25) is 0 Å². The minimum Gasteiger partial charge on any atom is -0.442 e. The number of hydrazine groups is 1. The van der Waals surface area contributed by atoms with Crippen LogP contribution in [0, 0.1) is 0 Å². The molecule has 0 spiro atoms. The van der Waals surface area contributed by atoms with Gasteiger partial charge in [-0.1, -0.05) is 25.1 Å².